The molecule has 1 atom stereocenters. The summed E-state index contributed by atoms with van der Waals surface area (Å²) in [6.45, 7) is 7.15. The molecule has 2 heterocycles. The van der Waals surface area contributed by atoms with E-state index in [1.54, 1.807) is 23.6 Å². The van der Waals surface area contributed by atoms with Crippen LogP contribution >= 0.6 is 0 Å². The van der Waals surface area contributed by atoms with Crippen LogP contribution in [0, 0.1) is 22.6 Å². The SMILES string of the molecule is CCC(NC(=O)c1ccc(C(=N)N2CCC(=O)CC2)cc1F)C(C)(C)C(=O)N1CCC(CC(=O)O)CC1. The van der Waals surface area contributed by atoms with Crippen molar-refractivity contribution in [3.8, 4) is 0 Å². The van der Waals surface area contributed by atoms with Gasteiger partial charge in [0, 0.05) is 57.0 Å². The number of nitrogens with one attached hydrogen (secondary N) is 2. The Labute approximate surface area is 216 Å². The van der Waals surface area contributed by atoms with Crippen molar-refractivity contribution >= 4 is 29.4 Å². The number of ketones is 1. The first-order valence-electron chi connectivity index (χ1n) is 12.9. The van der Waals surface area contributed by atoms with Crippen LogP contribution in [-0.2, 0) is 14.4 Å². The number of likely N-dealkylation sites (tertiary alicyclic amines) is 2. The molecule has 37 heavy (non-hydrogen) atoms. The summed E-state index contributed by atoms with van der Waals surface area (Å²) in [7, 11) is 0. The van der Waals surface area contributed by atoms with Gasteiger partial charge in [0.15, 0.2) is 0 Å². The number of benzene rings is 1. The van der Waals surface area contributed by atoms with Gasteiger partial charge in [-0.3, -0.25) is 24.6 Å². The van der Waals surface area contributed by atoms with Crippen molar-refractivity contribution in [3.63, 3.8) is 0 Å². The molecule has 202 valence electrons. The van der Waals surface area contributed by atoms with Crippen LogP contribution in [0.5, 0.6) is 0 Å². The lowest BCUT2D eigenvalue weighted by molar-refractivity contribution is -0.144. The molecule has 0 aliphatic carbocycles. The number of hydrogen-bond acceptors (Lipinski definition) is 5. The van der Waals surface area contributed by atoms with Crippen LogP contribution in [0.4, 0.5) is 4.39 Å². The van der Waals surface area contributed by atoms with Crippen molar-refractivity contribution in [2.45, 2.75) is 65.3 Å². The normalized spacial score (nSPS) is 17.9. The molecule has 3 N–H and O–H groups in total. The van der Waals surface area contributed by atoms with E-state index in [0.717, 1.165) is 6.07 Å². The number of amidine groups is 1. The highest BCUT2D eigenvalue weighted by molar-refractivity contribution is 6.00. The molecule has 0 bridgehead atoms. The maximum Gasteiger partial charge on any atom is 0.303 e. The first-order chi connectivity index (χ1) is 17.4. The van der Waals surface area contributed by atoms with Gasteiger partial charge in [-0.2, -0.15) is 0 Å². The quantitative estimate of drug-likeness (QED) is 0.360. The van der Waals surface area contributed by atoms with Crippen molar-refractivity contribution in [1.82, 2.24) is 15.1 Å². The van der Waals surface area contributed by atoms with E-state index in [1.165, 1.54) is 12.1 Å². The Hall–Kier alpha value is -3.30. The monoisotopic (exact) mass is 516 g/mol. The summed E-state index contributed by atoms with van der Waals surface area (Å²) < 4.78 is 15.0. The van der Waals surface area contributed by atoms with Crippen LogP contribution in [0.15, 0.2) is 18.2 Å². The third-order valence-corrected chi connectivity index (χ3v) is 7.63. The van der Waals surface area contributed by atoms with Crippen molar-refractivity contribution in [2.24, 2.45) is 11.3 Å². The van der Waals surface area contributed by atoms with Crippen molar-refractivity contribution in [1.29, 1.82) is 5.41 Å². The molecule has 0 aromatic heterocycles. The molecule has 1 aromatic rings. The van der Waals surface area contributed by atoms with Crippen LogP contribution in [0.25, 0.3) is 0 Å². The average Bonchev–Trinajstić information content (AvgIpc) is 2.86. The minimum absolute atomic E-state index is 0.0520. The number of carbonyl (C=O) groups is 4. The van der Waals surface area contributed by atoms with E-state index in [4.69, 9.17) is 10.5 Å². The number of carbonyl (C=O) groups excluding carboxylic acids is 3. The molecule has 2 aliphatic rings. The van der Waals surface area contributed by atoms with E-state index in [-0.39, 0.29) is 35.4 Å². The van der Waals surface area contributed by atoms with Gasteiger partial charge in [0.25, 0.3) is 5.91 Å². The standard InChI is InChI=1S/C27H37FN4O5/c1-4-22(27(2,3)26(37)32-11-7-17(8-12-32)15-23(34)35)30-25(36)20-6-5-18(16-21(20)28)24(29)31-13-9-19(33)10-14-31/h5-6,16-17,22,29H,4,7-15H2,1-3H3,(H,30,36)(H,34,35). The molecule has 2 amide bonds. The van der Waals surface area contributed by atoms with E-state index in [0.29, 0.717) is 63.8 Å². The summed E-state index contributed by atoms with van der Waals surface area (Å²) in [5.74, 6) is -2.03. The van der Waals surface area contributed by atoms with Gasteiger partial charge in [0.1, 0.15) is 17.4 Å². The molecule has 2 aliphatic heterocycles. The van der Waals surface area contributed by atoms with Gasteiger partial charge in [-0.25, -0.2) is 4.39 Å². The molecule has 0 saturated carbocycles. The van der Waals surface area contributed by atoms with E-state index in [2.05, 4.69) is 5.32 Å². The molecule has 2 saturated heterocycles. The van der Waals surface area contributed by atoms with Gasteiger partial charge in [0.05, 0.1) is 11.0 Å². The van der Waals surface area contributed by atoms with E-state index in [1.807, 2.05) is 6.92 Å². The summed E-state index contributed by atoms with van der Waals surface area (Å²) in [6.07, 6.45) is 2.52. The van der Waals surface area contributed by atoms with Crippen LogP contribution in [0.3, 0.4) is 0 Å². The highest BCUT2D eigenvalue weighted by Crippen LogP contribution is 2.30. The van der Waals surface area contributed by atoms with E-state index in [9.17, 15) is 23.6 Å². The molecular weight excluding hydrogens is 479 g/mol. The van der Waals surface area contributed by atoms with Crippen LogP contribution < -0.4 is 5.32 Å². The zero-order chi connectivity index (χ0) is 27.3. The summed E-state index contributed by atoms with van der Waals surface area (Å²) in [5, 5.41) is 20.2. The third kappa shape index (κ3) is 6.72. The van der Waals surface area contributed by atoms with Gasteiger partial charge in [-0.1, -0.05) is 13.0 Å². The summed E-state index contributed by atoms with van der Waals surface area (Å²) in [4.78, 5) is 52.3. The summed E-state index contributed by atoms with van der Waals surface area (Å²) in [6, 6.07) is 3.48. The van der Waals surface area contributed by atoms with Crippen LogP contribution in [0.2, 0.25) is 0 Å². The Bertz CT molecular complexity index is 1050. The van der Waals surface area contributed by atoms with Crippen molar-refractivity contribution < 1.29 is 28.7 Å². The molecule has 3 rings (SSSR count). The predicted molar refractivity (Wildman–Crippen MR) is 136 cm³/mol. The number of Topliss-reactive ketones (excluding diaryl/α,β-unsaturated/α-hetero) is 1. The molecular formula is C27H37FN4O5. The Morgan fingerprint density at radius 3 is 2.30 bits per heavy atom. The van der Waals surface area contributed by atoms with E-state index < -0.39 is 29.2 Å². The Morgan fingerprint density at radius 1 is 1.14 bits per heavy atom. The predicted octanol–water partition coefficient (Wildman–Crippen LogP) is 3.06. The lowest BCUT2D eigenvalue weighted by Gasteiger charge is -2.40. The molecule has 0 radical (unpaired) electrons. The fourth-order valence-electron chi connectivity index (χ4n) is 5.18. The number of carboxylic acid groups (broad SMARTS) is 1. The van der Waals surface area contributed by atoms with Gasteiger partial charge >= 0.3 is 5.97 Å². The molecule has 2 fully saturated rings. The molecule has 9 nitrogen and oxygen atoms in total. The number of nitrogens with zero attached hydrogens (tertiary/aromatic N) is 2. The van der Waals surface area contributed by atoms with Gasteiger partial charge in [-0.05, 0) is 51.2 Å². The third-order valence-electron chi connectivity index (χ3n) is 7.63. The second-order valence-electron chi connectivity index (χ2n) is 10.6. The molecule has 10 heteroatoms. The fourth-order valence-corrected chi connectivity index (χ4v) is 5.18. The number of carboxylic acids is 1. The minimum atomic E-state index is -0.950. The number of hydrogen-bond donors (Lipinski definition) is 3. The number of halogens is 1. The maximum atomic E-state index is 15.0. The lowest BCUT2D eigenvalue weighted by atomic mass is 9.80. The zero-order valence-electron chi connectivity index (χ0n) is 21.8. The first-order valence-corrected chi connectivity index (χ1v) is 12.9. The first kappa shape index (κ1) is 28.3. The molecule has 1 unspecified atom stereocenters. The van der Waals surface area contributed by atoms with Crippen molar-refractivity contribution in [3.05, 3.63) is 35.1 Å². The Kier molecular flexibility index (Phi) is 9.04. The highest BCUT2D eigenvalue weighted by Gasteiger charge is 2.41. The fraction of sp³-hybridized carbons (Fsp3) is 0.593. The topological polar surface area (TPSA) is 131 Å². The van der Waals surface area contributed by atoms with Gasteiger partial charge in [-0.15, -0.1) is 0 Å². The van der Waals surface area contributed by atoms with Crippen LogP contribution in [0.1, 0.15) is 75.2 Å². The number of rotatable bonds is 8. The largest absolute Gasteiger partial charge is 0.481 e. The number of aliphatic carboxylic acids is 1. The molecule has 1 aromatic carbocycles. The zero-order valence-corrected chi connectivity index (χ0v) is 21.8. The van der Waals surface area contributed by atoms with Gasteiger partial charge < -0.3 is 20.2 Å². The average molecular weight is 517 g/mol. The highest BCUT2D eigenvalue weighted by atomic mass is 19.1. The van der Waals surface area contributed by atoms with E-state index >= 15 is 0 Å². The lowest BCUT2D eigenvalue weighted by Crippen LogP contribution is -2.54. The summed E-state index contributed by atoms with van der Waals surface area (Å²) in [5.41, 5.74) is -0.785. The Morgan fingerprint density at radius 2 is 1.76 bits per heavy atom. The molecule has 0 spiro atoms. The van der Waals surface area contributed by atoms with Crippen LogP contribution in [-0.4, -0.2) is 76.5 Å². The number of piperidine rings is 2. The second kappa shape index (κ2) is 11.8. The number of amides is 2. The smallest absolute Gasteiger partial charge is 0.303 e. The van der Waals surface area contributed by atoms with Gasteiger partial charge in [0.2, 0.25) is 5.91 Å². The second-order valence-corrected chi connectivity index (χ2v) is 10.6. The Balaban J connectivity index is 1.65. The maximum absolute atomic E-state index is 15.0. The summed E-state index contributed by atoms with van der Waals surface area (Å²) >= 11 is 0. The minimum Gasteiger partial charge on any atom is -0.481 e. The van der Waals surface area contributed by atoms with Crippen molar-refractivity contribution in [2.75, 3.05) is 26.2 Å².